The van der Waals surface area contributed by atoms with Crippen molar-refractivity contribution in [1.82, 2.24) is 5.32 Å². The molecule has 7 nitrogen and oxygen atoms in total. The number of benzene rings is 3. The number of alkyl carbamates (subject to hydrolysis) is 1. The molecule has 3 aromatic rings. The van der Waals surface area contributed by atoms with Crippen molar-refractivity contribution in [3.63, 3.8) is 0 Å². The number of aromatic carboxylic acids is 1. The van der Waals surface area contributed by atoms with Crippen LogP contribution in [0.3, 0.4) is 0 Å². The molecule has 0 bridgehead atoms. The summed E-state index contributed by atoms with van der Waals surface area (Å²) in [7, 11) is 0. The first-order valence-corrected chi connectivity index (χ1v) is 11.1. The van der Waals surface area contributed by atoms with E-state index in [1.807, 2.05) is 24.3 Å². The molecule has 1 aliphatic carbocycles. The molecule has 174 valence electrons. The smallest absolute Gasteiger partial charge is 0.407 e. The Morgan fingerprint density at radius 3 is 2.18 bits per heavy atom. The number of amides is 2. The quantitative estimate of drug-likeness (QED) is 0.471. The van der Waals surface area contributed by atoms with Gasteiger partial charge in [0.05, 0.1) is 11.5 Å². The number of ether oxygens (including phenoxy) is 1. The molecule has 0 aliphatic heterocycles. The minimum absolute atomic E-state index is 0.0386. The van der Waals surface area contributed by atoms with E-state index < -0.39 is 18.0 Å². The van der Waals surface area contributed by atoms with Gasteiger partial charge in [0.25, 0.3) is 0 Å². The molecule has 1 unspecified atom stereocenters. The van der Waals surface area contributed by atoms with Gasteiger partial charge in [-0.05, 0) is 46.9 Å². The summed E-state index contributed by atoms with van der Waals surface area (Å²) >= 11 is 0. The fraction of sp³-hybridized carbons (Fsp3) is 0.222. The van der Waals surface area contributed by atoms with E-state index in [0.717, 1.165) is 22.3 Å². The van der Waals surface area contributed by atoms with Crippen molar-refractivity contribution in [2.45, 2.75) is 19.8 Å². The monoisotopic (exact) mass is 458 g/mol. The SMILES string of the molecule is Cc1c(NC(=O)C(C)CNC(=O)OCC2c3ccccc3-c3ccccc32)cccc1C(=O)O. The molecule has 0 spiro atoms. The molecule has 1 atom stereocenters. The van der Waals surface area contributed by atoms with Crippen molar-refractivity contribution in [3.05, 3.63) is 89.0 Å². The Hall–Kier alpha value is -4.13. The summed E-state index contributed by atoms with van der Waals surface area (Å²) in [6.07, 6.45) is -0.592. The van der Waals surface area contributed by atoms with Crippen LogP contribution in [0.1, 0.15) is 39.9 Å². The molecule has 0 fully saturated rings. The van der Waals surface area contributed by atoms with Crippen LogP contribution in [0.2, 0.25) is 0 Å². The van der Waals surface area contributed by atoms with Gasteiger partial charge in [-0.1, -0.05) is 61.5 Å². The average molecular weight is 459 g/mol. The minimum Gasteiger partial charge on any atom is -0.478 e. The third-order valence-electron chi connectivity index (χ3n) is 6.17. The molecule has 3 aromatic carbocycles. The first-order valence-electron chi connectivity index (χ1n) is 11.1. The Balaban J connectivity index is 1.31. The van der Waals surface area contributed by atoms with Crippen LogP contribution in [0.5, 0.6) is 0 Å². The van der Waals surface area contributed by atoms with E-state index in [9.17, 15) is 19.5 Å². The highest BCUT2D eigenvalue weighted by Gasteiger charge is 2.29. The van der Waals surface area contributed by atoms with Crippen molar-refractivity contribution in [2.24, 2.45) is 5.92 Å². The van der Waals surface area contributed by atoms with Crippen molar-refractivity contribution in [2.75, 3.05) is 18.5 Å². The number of carbonyl (C=O) groups is 3. The number of anilines is 1. The van der Waals surface area contributed by atoms with Gasteiger partial charge in [-0.25, -0.2) is 9.59 Å². The van der Waals surface area contributed by atoms with Crippen LogP contribution >= 0.6 is 0 Å². The van der Waals surface area contributed by atoms with E-state index in [1.165, 1.54) is 6.07 Å². The van der Waals surface area contributed by atoms with Crippen LogP contribution in [0.25, 0.3) is 11.1 Å². The van der Waals surface area contributed by atoms with Crippen molar-refractivity contribution in [3.8, 4) is 11.1 Å². The van der Waals surface area contributed by atoms with Crippen molar-refractivity contribution in [1.29, 1.82) is 0 Å². The molecule has 3 N–H and O–H groups in total. The van der Waals surface area contributed by atoms with E-state index in [0.29, 0.717) is 11.3 Å². The van der Waals surface area contributed by atoms with E-state index in [-0.39, 0.29) is 30.5 Å². The first-order chi connectivity index (χ1) is 16.4. The zero-order valence-corrected chi connectivity index (χ0v) is 19.0. The van der Waals surface area contributed by atoms with E-state index in [1.54, 1.807) is 26.0 Å². The molecule has 0 saturated heterocycles. The van der Waals surface area contributed by atoms with E-state index in [2.05, 4.69) is 34.9 Å². The molecule has 1 aliphatic rings. The van der Waals surface area contributed by atoms with Crippen molar-refractivity contribution >= 4 is 23.7 Å². The van der Waals surface area contributed by atoms with Gasteiger partial charge in [0, 0.05) is 18.2 Å². The third-order valence-corrected chi connectivity index (χ3v) is 6.17. The number of carbonyl (C=O) groups excluding carboxylic acids is 2. The molecular weight excluding hydrogens is 432 g/mol. The molecular formula is C27H26N2O5. The third kappa shape index (κ3) is 4.64. The highest BCUT2D eigenvalue weighted by Crippen LogP contribution is 2.44. The highest BCUT2D eigenvalue weighted by molar-refractivity contribution is 5.97. The molecule has 0 saturated carbocycles. The molecule has 7 heteroatoms. The summed E-state index contributed by atoms with van der Waals surface area (Å²) in [5.74, 6) is -1.97. The molecule has 0 radical (unpaired) electrons. The van der Waals surface area contributed by atoms with Crippen LogP contribution in [-0.2, 0) is 9.53 Å². The predicted octanol–water partition coefficient (Wildman–Crippen LogP) is 4.81. The van der Waals surface area contributed by atoms with Gasteiger partial charge in [0.15, 0.2) is 0 Å². The maximum absolute atomic E-state index is 12.5. The Labute approximate surface area is 197 Å². The summed E-state index contributed by atoms with van der Waals surface area (Å²) in [6.45, 7) is 3.59. The van der Waals surface area contributed by atoms with Gasteiger partial charge in [-0.2, -0.15) is 0 Å². The first kappa shape index (κ1) is 23.0. The Morgan fingerprint density at radius 2 is 1.56 bits per heavy atom. The zero-order valence-electron chi connectivity index (χ0n) is 19.0. The summed E-state index contributed by atoms with van der Waals surface area (Å²) < 4.78 is 5.50. The number of hydrogen-bond donors (Lipinski definition) is 3. The van der Waals surface area contributed by atoms with Crippen LogP contribution in [0.15, 0.2) is 66.7 Å². The summed E-state index contributed by atoms with van der Waals surface area (Å²) in [4.78, 5) is 36.2. The van der Waals surface area contributed by atoms with Crippen molar-refractivity contribution < 1.29 is 24.2 Å². The number of rotatable bonds is 7. The summed E-state index contributed by atoms with van der Waals surface area (Å²) in [6, 6.07) is 20.9. The fourth-order valence-electron chi connectivity index (χ4n) is 4.24. The summed E-state index contributed by atoms with van der Waals surface area (Å²) in [5, 5.41) is 14.6. The van der Waals surface area contributed by atoms with Crippen LogP contribution in [-0.4, -0.2) is 36.2 Å². The second-order valence-corrected chi connectivity index (χ2v) is 8.38. The van der Waals surface area contributed by atoms with Crippen LogP contribution in [0, 0.1) is 12.8 Å². The molecule has 0 heterocycles. The lowest BCUT2D eigenvalue weighted by atomic mass is 9.98. The summed E-state index contributed by atoms with van der Waals surface area (Å²) in [5.41, 5.74) is 5.59. The number of fused-ring (bicyclic) bond motifs is 3. The predicted molar refractivity (Wildman–Crippen MR) is 129 cm³/mol. The Morgan fingerprint density at radius 1 is 0.941 bits per heavy atom. The number of hydrogen-bond acceptors (Lipinski definition) is 4. The zero-order chi connectivity index (χ0) is 24.2. The van der Waals surface area contributed by atoms with E-state index >= 15 is 0 Å². The maximum atomic E-state index is 12.5. The number of carboxylic acid groups (broad SMARTS) is 1. The van der Waals surface area contributed by atoms with Crippen LogP contribution in [0.4, 0.5) is 10.5 Å². The van der Waals surface area contributed by atoms with E-state index in [4.69, 9.17) is 4.74 Å². The lowest BCUT2D eigenvalue weighted by Crippen LogP contribution is -2.35. The lowest BCUT2D eigenvalue weighted by Gasteiger charge is -2.17. The van der Waals surface area contributed by atoms with Gasteiger partial charge >= 0.3 is 12.1 Å². The molecule has 34 heavy (non-hydrogen) atoms. The second kappa shape index (κ2) is 9.79. The van der Waals surface area contributed by atoms with Gasteiger partial charge in [0.1, 0.15) is 6.61 Å². The average Bonchev–Trinajstić information content (AvgIpc) is 3.16. The minimum atomic E-state index is -1.06. The van der Waals surface area contributed by atoms with Gasteiger partial charge in [-0.3, -0.25) is 4.79 Å². The number of carboxylic acids is 1. The topological polar surface area (TPSA) is 105 Å². The lowest BCUT2D eigenvalue weighted by molar-refractivity contribution is -0.119. The molecule has 0 aromatic heterocycles. The van der Waals surface area contributed by atoms with Crippen LogP contribution < -0.4 is 10.6 Å². The normalized spacial score (nSPS) is 12.9. The second-order valence-electron chi connectivity index (χ2n) is 8.38. The van der Waals surface area contributed by atoms with Gasteiger partial charge in [-0.15, -0.1) is 0 Å². The largest absolute Gasteiger partial charge is 0.478 e. The number of nitrogens with one attached hydrogen (secondary N) is 2. The van der Waals surface area contributed by atoms with Gasteiger partial charge < -0.3 is 20.5 Å². The standard InChI is InChI=1S/C27H26N2O5/c1-16(25(30)29-24-13-7-12-18(17(24)2)26(31)32)14-28-27(33)34-15-23-21-10-5-3-8-19(21)20-9-4-6-11-22(20)23/h3-13,16,23H,14-15H2,1-2H3,(H,28,33)(H,29,30)(H,31,32). The molecule has 4 rings (SSSR count). The molecule has 2 amide bonds. The Kier molecular flexibility index (Phi) is 6.63. The van der Waals surface area contributed by atoms with Gasteiger partial charge in [0.2, 0.25) is 5.91 Å². The highest BCUT2D eigenvalue weighted by atomic mass is 16.5. The maximum Gasteiger partial charge on any atom is 0.407 e. The fourth-order valence-corrected chi connectivity index (χ4v) is 4.24. The Bertz CT molecular complexity index is 1210.